The molecule has 0 spiro atoms. The standard InChI is InChI=1S/C31H36N2O7/c1-7-39-28(35)23-16-21-17-24(37-5)25(38-6)18-22(21)27(20-12-9-8-10-13-20)33(23)26(34)19-31(14-11-15-32-31)29(36)40-30(2,3)4/h8-15,17-18,23,27H,7,16,19H2,1-6H3. The predicted molar refractivity (Wildman–Crippen MR) is 150 cm³/mol. The molecule has 0 aromatic heterocycles. The smallest absolute Gasteiger partial charge is 0.339 e. The van der Waals surface area contributed by atoms with Crippen molar-refractivity contribution in [3.8, 4) is 11.5 Å². The molecule has 2 aliphatic rings. The maximum absolute atomic E-state index is 14.4. The number of rotatable bonds is 8. The highest BCUT2D eigenvalue weighted by Crippen LogP contribution is 2.44. The van der Waals surface area contributed by atoms with Gasteiger partial charge in [-0.2, -0.15) is 0 Å². The van der Waals surface area contributed by atoms with Gasteiger partial charge in [-0.15, -0.1) is 0 Å². The van der Waals surface area contributed by atoms with Crippen LogP contribution in [-0.2, 0) is 30.3 Å². The summed E-state index contributed by atoms with van der Waals surface area (Å²) in [6.07, 6.45) is 4.55. The van der Waals surface area contributed by atoms with Crippen molar-refractivity contribution in [3.05, 3.63) is 71.3 Å². The number of hydrogen-bond acceptors (Lipinski definition) is 8. The van der Waals surface area contributed by atoms with E-state index in [2.05, 4.69) is 4.99 Å². The van der Waals surface area contributed by atoms with Crippen LogP contribution in [0.25, 0.3) is 0 Å². The number of allylic oxidation sites excluding steroid dienone is 1. The van der Waals surface area contributed by atoms with Crippen LogP contribution in [0.15, 0.2) is 59.6 Å². The van der Waals surface area contributed by atoms with Gasteiger partial charge < -0.3 is 23.8 Å². The van der Waals surface area contributed by atoms with Crippen molar-refractivity contribution in [2.75, 3.05) is 20.8 Å². The van der Waals surface area contributed by atoms with Crippen molar-refractivity contribution >= 4 is 24.1 Å². The van der Waals surface area contributed by atoms with E-state index in [4.69, 9.17) is 18.9 Å². The Morgan fingerprint density at radius 1 is 1.05 bits per heavy atom. The highest BCUT2D eigenvalue weighted by Gasteiger charge is 2.48. The number of methoxy groups -OCH3 is 2. The topological polar surface area (TPSA) is 104 Å². The maximum atomic E-state index is 14.4. The van der Waals surface area contributed by atoms with Crippen molar-refractivity contribution in [3.63, 3.8) is 0 Å². The quantitative estimate of drug-likeness (QED) is 0.455. The summed E-state index contributed by atoms with van der Waals surface area (Å²) < 4.78 is 22.2. The minimum atomic E-state index is -1.54. The molecule has 0 saturated carbocycles. The van der Waals surface area contributed by atoms with Gasteiger partial charge in [0.2, 0.25) is 5.91 Å². The lowest BCUT2D eigenvalue weighted by atomic mass is 9.83. The van der Waals surface area contributed by atoms with Crippen molar-refractivity contribution in [2.24, 2.45) is 4.99 Å². The summed E-state index contributed by atoms with van der Waals surface area (Å²) in [5.41, 5.74) is 0.0838. The molecule has 2 heterocycles. The number of nitrogens with zero attached hydrogens (tertiary/aromatic N) is 2. The Morgan fingerprint density at radius 3 is 2.30 bits per heavy atom. The summed E-state index contributed by atoms with van der Waals surface area (Å²) >= 11 is 0. The van der Waals surface area contributed by atoms with Gasteiger partial charge in [0.15, 0.2) is 17.0 Å². The molecule has 3 atom stereocenters. The highest BCUT2D eigenvalue weighted by molar-refractivity contribution is 5.97. The Morgan fingerprint density at radius 2 is 1.73 bits per heavy atom. The lowest BCUT2D eigenvalue weighted by Gasteiger charge is -2.43. The third-order valence-corrected chi connectivity index (χ3v) is 6.87. The lowest BCUT2D eigenvalue weighted by molar-refractivity contribution is -0.163. The number of carbonyl (C=O) groups excluding carboxylic acids is 3. The van der Waals surface area contributed by atoms with Crippen LogP contribution >= 0.6 is 0 Å². The second kappa shape index (κ2) is 11.5. The van der Waals surface area contributed by atoms with E-state index in [1.807, 2.05) is 42.5 Å². The first-order valence-electron chi connectivity index (χ1n) is 13.3. The number of ether oxygens (including phenoxy) is 4. The largest absolute Gasteiger partial charge is 0.493 e. The molecule has 0 aliphatic carbocycles. The van der Waals surface area contributed by atoms with Crippen LogP contribution < -0.4 is 9.47 Å². The van der Waals surface area contributed by atoms with Gasteiger partial charge in [0, 0.05) is 12.6 Å². The molecule has 9 nitrogen and oxygen atoms in total. The van der Waals surface area contributed by atoms with Gasteiger partial charge in [-0.25, -0.2) is 9.59 Å². The van der Waals surface area contributed by atoms with E-state index in [1.54, 1.807) is 54.1 Å². The van der Waals surface area contributed by atoms with Gasteiger partial charge in [0.25, 0.3) is 0 Å². The summed E-state index contributed by atoms with van der Waals surface area (Å²) in [4.78, 5) is 47.0. The monoisotopic (exact) mass is 548 g/mol. The Hall–Kier alpha value is -4.14. The van der Waals surface area contributed by atoms with Gasteiger partial charge in [-0.1, -0.05) is 30.3 Å². The zero-order valence-corrected chi connectivity index (χ0v) is 23.8. The average Bonchev–Trinajstić information content (AvgIpc) is 3.40. The molecule has 0 saturated heterocycles. The molecule has 0 bridgehead atoms. The van der Waals surface area contributed by atoms with E-state index in [9.17, 15) is 14.4 Å². The van der Waals surface area contributed by atoms with E-state index in [1.165, 1.54) is 11.1 Å². The Balaban J connectivity index is 1.86. The van der Waals surface area contributed by atoms with Crippen LogP contribution in [-0.4, -0.2) is 67.0 Å². The highest BCUT2D eigenvalue weighted by atomic mass is 16.6. The van der Waals surface area contributed by atoms with Crippen molar-refractivity contribution in [1.29, 1.82) is 0 Å². The molecular weight excluding hydrogens is 512 g/mol. The normalized spacial score (nSPS) is 21.5. The fraction of sp³-hybridized carbons (Fsp3) is 0.419. The van der Waals surface area contributed by atoms with Crippen LogP contribution in [0.3, 0.4) is 0 Å². The molecule has 0 N–H and O–H groups in total. The molecule has 1 amide bonds. The molecule has 2 aliphatic heterocycles. The van der Waals surface area contributed by atoms with E-state index in [0.717, 1.165) is 16.7 Å². The molecule has 9 heteroatoms. The summed E-state index contributed by atoms with van der Waals surface area (Å²) in [6, 6.07) is 11.5. The van der Waals surface area contributed by atoms with Gasteiger partial charge in [-0.3, -0.25) is 9.79 Å². The third-order valence-electron chi connectivity index (χ3n) is 6.87. The number of benzene rings is 2. The van der Waals surface area contributed by atoms with Crippen LogP contribution in [0.4, 0.5) is 0 Å². The molecule has 2 aromatic carbocycles. The molecule has 40 heavy (non-hydrogen) atoms. The summed E-state index contributed by atoms with van der Waals surface area (Å²) in [6.45, 7) is 7.15. The first-order chi connectivity index (χ1) is 19.0. The Bertz CT molecular complexity index is 1320. The third kappa shape index (κ3) is 5.73. The second-order valence-electron chi connectivity index (χ2n) is 10.7. The zero-order chi connectivity index (χ0) is 29.1. The Labute approximate surface area is 234 Å². The van der Waals surface area contributed by atoms with E-state index >= 15 is 0 Å². The molecule has 3 unspecified atom stereocenters. The fourth-order valence-corrected chi connectivity index (χ4v) is 5.14. The van der Waals surface area contributed by atoms with E-state index < -0.39 is 41.1 Å². The molecular formula is C31H36N2O7. The van der Waals surface area contributed by atoms with Gasteiger partial charge in [-0.05, 0) is 68.7 Å². The molecule has 4 rings (SSSR count). The number of esters is 2. The summed E-state index contributed by atoms with van der Waals surface area (Å²) in [5, 5.41) is 0. The minimum Gasteiger partial charge on any atom is -0.493 e. The second-order valence-corrected chi connectivity index (χ2v) is 10.7. The van der Waals surface area contributed by atoms with Crippen molar-refractivity contribution in [2.45, 2.75) is 63.8 Å². The summed E-state index contributed by atoms with van der Waals surface area (Å²) in [7, 11) is 3.09. The fourth-order valence-electron chi connectivity index (χ4n) is 5.14. The summed E-state index contributed by atoms with van der Waals surface area (Å²) in [5.74, 6) is -0.593. The maximum Gasteiger partial charge on any atom is 0.339 e. The molecule has 0 radical (unpaired) electrons. The molecule has 212 valence electrons. The van der Waals surface area contributed by atoms with Crippen LogP contribution in [0.2, 0.25) is 0 Å². The van der Waals surface area contributed by atoms with Crippen molar-refractivity contribution < 1.29 is 33.3 Å². The van der Waals surface area contributed by atoms with Crippen LogP contribution in [0.5, 0.6) is 11.5 Å². The van der Waals surface area contributed by atoms with Crippen LogP contribution in [0, 0.1) is 0 Å². The first kappa shape index (κ1) is 28.9. The van der Waals surface area contributed by atoms with Gasteiger partial charge >= 0.3 is 11.9 Å². The van der Waals surface area contributed by atoms with E-state index in [0.29, 0.717) is 11.5 Å². The predicted octanol–water partition coefficient (Wildman–Crippen LogP) is 4.22. The Kier molecular flexibility index (Phi) is 8.32. The SMILES string of the molecule is CCOC(=O)C1Cc2cc(OC)c(OC)cc2C(c2ccccc2)N1C(=O)CC1(C(=O)OC(C)(C)C)C=CC=N1. The lowest BCUT2D eigenvalue weighted by Crippen LogP contribution is -2.54. The number of fused-ring (bicyclic) bond motifs is 1. The zero-order valence-electron chi connectivity index (χ0n) is 23.8. The van der Waals surface area contributed by atoms with Crippen LogP contribution in [0.1, 0.15) is 56.8 Å². The van der Waals surface area contributed by atoms with Gasteiger partial charge in [0.05, 0.1) is 33.3 Å². The number of hydrogen-bond donors (Lipinski definition) is 0. The number of carbonyl (C=O) groups is 3. The van der Waals surface area contributed by atoms with E-state index in [-0.39, 0.29) is 19.4 Å². The number of aliphatic imine (C=N–C) groups is 1. The van der Waals surface area contributed by atoms with Gasteiger partial charge in [0.1, 0.15) is 11.6 Å². The molecule has 0 fully saturated rings. The average molecular weight is 549 g/mol. The number of amides is 1. The minimum absolute atomic E-state index is 0.154. The van der Waals surface area contributed by atoms with Crippen molar-refractivity contribution in [1.82, 2.24) is 4.90 Å². The molecule has 2 aromatic rings. The first-order valence-corrected chi connectivity index (χ1v) is 13.3.